The molecule has 7 heteroatoms. The number of halogens is 1. The van der Waals surface area contributed by atoms with E-state index in [1.54, 1.807) is 6.20 Å². The largest absolute Gasteiger partial charge is 0.396 e. The van der Waals surface area contributed by atoms with E-state index in [0.29, 0.717) is 11.8 Å². The minimum Gasteiger partial charge on any atom is -0.396 e. The number of aliphatic hydroxyl groups is 1. The van der Waals surface area contributed by atoms with Gasteiger partial charge in [0.25, 0.3) is 0 Å². The van der Waals surface area contributed by atoms with E-state index in [9.17, 15) is 5.11 Å². The number of rotatable bonds is 13. The van der Waals surface area contributed by atoms with Gasteiger partial charge in [0.1, 0.15) is 5.82 Å². The number of nitrogens with one attached hydrogen (secondary N) is 3. The molecule has 0 spiro atoms. The first-order valence-corrected chi connectivity index (χ1v) is 9.93. The van der Waals surface area contributed by atoms with Crippen molar-refractivity contribution < 1.29 is 5.11 Å². The van der Waals surface area contributed by atoms with Crippen LogP contribution in [-0.4, -0.2) is 48.8 Å². The third kappa shape index (κ3) is 13.7. The number of pyridine rings is 1. The molecular weight excluding hydrogens is 453 g/mol. The molecule has 1 aromatic rings. The minimum atomic E-state index is 0. The molecule has 1 rings (SSSR count). The molecule has 0 aliphatic carbocycles. The van der Waals surface area contributed by atoms with Crippen LogP contribution in [0.2, 0.25) is 0 Å². The Morgan fingerprint density at radius 2 is 1.96 bits per heavy atom. The Morgan fingerprint density at radius 3 is 2.59 bits per heavy atom. The average Bonchev–Trinajstić information content (AvgIpc) is 2.62. The number of aromatic nitrogens is 1. The van der Waals surface area contributed by atoms with Crippen molar-refractivity contribution >= 4 is 35.8 Å². The number of guanidine groups is 1. The molecule has 1 heterocycles. The Bertz CT molecular complexity index is 485. The van der Waals surface area contributed by atoms with Gasteiger partial charge >= 0.3 is 0 Å². The zero-order valence-electron chi connectivity index (χ0n) is 17.1. The van der Waals surface area contributed by atoms with Crippen molar-refractivity contribution in [3.8, 4) is 0 Å². The van der Waals surface area contributed by atoms with Crippen molar-refractivity contribution in [3.63, 3.8) is 0 Å². The highest BCUT2D eigenvalue weighted by Crippen LogP contribution is 2.15. The monoisotopic (exact) mass is 491 g/mol. The fraction of sp³-hybridized carbons (Fsp3) is 0.700. The number of hydrogen-bond acceptors (Lipinski definition) is 4. The van der Waals surface area contributed by atoms with E-state index in [4.69, 9.17) is 4.99 Å². The highest BCUT2D eigenvalue weighted by Gasteiger charge is 2.10. The molecule has 156 valence electrons. The van der Waals surface area contributed by atoms with E-state index in [1.165, 1.54) is 0 Å². The summed E-state index contributed by atoms with van der Waals surface area (Å²) >= 11 is 0. The number of anilines is 1. The maximum Gasteiger partial charge on any atom is 0.191 e. The predicted octanol–water partition coefficient (Wildman–Crippen LogP) is 3.49. The van der Waals surface area contributed by atoms with E-state index in [1.807, 2.05) is 18.2 Å². The Morgan fingerprint density at radius 1 is 1.19 bits per heavy atom. The fourth-order valence-electron chi connectivity index (χ4n) is 2.84. The van der Waals surface area contributed by atoms with Gasteiger partial charge in [-0.2, -0.15) is 0 Å². The second kappa shape index (κ2) is 17.0. The van der Waals surface area contributed by atoms with Crippen LogP contribution < -0.4 is 16.0 Å². The molecule has 0 fully saturated rings. The molecular formula is C20H38IN5O. The molecule has 1 aromatic heterocycles. The molecule has 0 saturated heterocycles. The first kappa shape index (κ1) is 25.9. The van der Waals surface area contributed by atoms with Gasteiger partial charge in [0.05, 0.1) is 0 Å². The Hall–Kier alpha value is -1.09. The van der Waals surface area contributed by atoms with Crippen molar-refractivity contribution in [1.29, 1.82) is 0 Å². The zero-order valence-corrected chi connectivity index (χ0v) is 19.4. The van der Waals surface area contributed by atoms with Crippen LogP contribution in [0.3, 0.4) is 0 Å². The molecule has 0 amide bonds. The first-order valence-electron chi connectivity index (χ1n) is 9.93. The second-order valence-electron chi connectivity index (χ2n) is 7.00. The van der Waals surface area contributed by atoms with Crippen molar-refractivity contribution in [1.82, 2.24) is 15.6 Å². The van der Waals surface area contributed by atoms with Crippen molar-refractivity contribution in [2.75, 3.05) is 38.1 Å². The van der Waals surface area contributed by atoms with Gasteiger partial charge in [-0.1, -0.05) is 19.9 Å². The normalized spacial score (nSPS) is 12.4. The summed E-state index contributed by atoms with van der Waals surface area (Å²) in [6.07, 6.45) is 5.86. The SMILES string of the molecule is CCNC(=NCC(CCO)CC(C)C)NCCCCNc1ccccn1.I. The van der Waals surface area contributed by atoms with Gasteiger partial charge in [0.15, 0.2) is 5.96 Å². The summed E-state index contributed by atoms with van der Waals surface area (Å²) in [5.41, 5.74) is 0. The second-order valence-corrected chi connectivity index (χ2v) is 7.00. The van der Waals surface area contributed by atoms with Gasteiger partial charge < -0.3 is 21.1 Å². The number of aliphatic imine (C=N–C) groups is 1. The predicted molar refractivity (Wildman–Crippen MR) is 126 cm³/mol. The van der Waals surface area contributed by atoms with Gasteiger partial charge in [-0.05, 0) is 56.6 Å². The first-order chi connectivity index (χ1) is 12.7. The molecule has 0 bridgehead atoms. The molecule has 0 aliphatic heterocycles. The van der Waals surface area contributed by atoms with Crippen LogP contribution in [0.1, 0.15) is 46.5 Å². The van der Waals surface area contributed by atoms with E-state index < -0.39 is 0 Å². The molecule has 6 nitrogen and oxygen atoms in total. The highest BCUT2D eigenvalue weighted by atomic mass is 127. The summed E-state index contributed by atoms with van der Waals surface area (Å²) < 4.78 is 0. The lowest BCUT2D eigenvalue weighted by atomic mass is 9.94. The van der Waals surface area contributed by atoms with E-state index >= 15 is 0 Å². The summed E-state index contributed by atoms with van der Waals surface area (Å²) in [4.78, 5) is 8.96. The number of unbranched alkanes of at least 4 members (excludes halogenated alkanes) is 1. The molecule has 1 atom stereocenters. The lowest BCUT2D eigenvalue weighted by Gasteiger charge is -2.17. The molecule has 1 unspecified atom stereocenters. The van der Waals surface area contributed by atoms with Crippen LogP contribution in [0.5, 0.6) is 0 Å². The smallest absolute Gasteiger partial charge is 0.191 e. The summed E-state index contributed by atoms with van der Waals surface area (Å²) in [6, 6.07) is 5.89. The van der Waals surface area contributed by atoms with E-state index in [-0.39, 0.29) is 30.6 Å². The van der Waals surface area contributed by atoms with Gasteiger partial charge in [-0.25, -0.2) is 4.98 Å². The average molecular weight is 491 g/mol. The van der Waals surface area contributed by atoms with Crippen LogP contribution in [-0.2, 0) is 0 Å². The summed E-state index contributed by atoms with van der Waals surface area (Å²) in [5.74, 6) is 2.87. The van der Waals surface area contributed by atoms with Gasteiger partial charge in [0, 0.05) is 39.0 Å². The highest BCUT2D eigenvalue weighted by molar-refractivity contribution is 14.0. The van der Waals surface area contributed by atoms with Crippen LogP contribution in [0.4, 0.5) is 5.82 Å². The maximum absolute atomic E-state index is 9.23. The van der Waals surface area contributed by atoms with Gasteiger partial charge in [0.2, 0.25) is 0 Å². The van der Waals surface area contributed by atoms with Crippen LogP contribution in [0.15, 0.2) is 29.4 Å². The third-order valence-electron chi connectivity index (χ3n) is 4.06. The molecule has 0 radical (unpaired) electrons. The van der Waals surface area contributed by atoms with Gasteiger partial charge in [-0.15, -0.1) is 24.0 Å². The topological polar surface area (TPSA) is 81.6 Å². The molecule has 0 aromatic carbocycles. The summed E-state index contributed by atoms with van der Waals surface area (Å²) in [6.45, 7) is 10.2. The van der Waals surface area contributed by atoms with Gasteiger partial charge in [-0.3, -0.25) is 4.99 Å². The Balaban J connectivity index is 0.00000676. The molecule has 27 heavy (non-hydrogen) atoms. The summed E-state index contributed by atoms with van der Waals surface area (Å²) in [5, 5.41) is 19.3. The lowest BCUT2D eigenvalue weighted by molar-refractivity contribution is 0.245. The summed E-state index contributed by atoms with van der Waals surface area (Å²) in [7, 11) is 0. The van der Waals surface area contributed by atoms with Crippen LogP contribution >= 0.6 is 24.0 Å². The maximum atomic E-state index is 9.23. The third-order valence-corrected chi connectivity index (χ3v) is 4.06. The van der Waals surface area contributed by atoms with E-state index in [2.05, 4.69) is 41.7 Å². The fourth-order valence-corrected chi connectivity index (χ4v) is 2.84. The van der Waals surface area contributed by atoms with Crippen molar-refractivity contribution in [2.45, 2.75) is 46.5 Å². The molecule has 0 aliphatic rings. The van der Waals surface area contributed by atoms with Crippen LogP contribution in [0.25, 0.3) is 0 Å². The van der Waals surface area contributed by atoms with Crippen molar-refractivity contribution in [3.05, 3.63) is 24.4 Å². The molecule has 4 N–H and O–H groups in total. The van der Waals surface area contributed by atoms with Crippen molar-refractivity contribution in [2.24, 2.45) is 16.8 Å². The Labute approximate surface area is 182 Å². The quantitative estimate of drug-likeness (QED) is 0.147. The number of aliphatic hydroxyl groups excluding tert-OH is 1. The van der Waals surface area contributed by atoms with Crippen LogP contribution in [0, 0.1) is 11.8 Å². The number of hydrogen-bond donors (Lipinski definition) is 4. The lowest BCUT2D eigenvalue weighted by Crippen LogP contribution is -2.38. The number of nitrogens with zero attached hydrogens (tertiary/aromatic N) is 2. The molecule has 0 saturated carbocycles. The van der Waals surface area contributed by atoms with E-state index in [0.717, 1.165) is 63.6 Å². The standard InChI is InChI=1S/C20H37N5O.HI/c1-4-21-20(25-16-18(10-14-26)15-17(2)3)24-13-8-7-12-23-19-9-5-6-11-22-19;/h5-6,9,11,17-18,26H,4,7-8,10,12-16H2,1-3H3,(H,22,23)(H2,21,24,25);1H. The Kier molecular flexibility index (Phi) is 16.4. The zero-order chi connectivity index (χ0) is 19.0. The minimum absolute atomic E-state index is 0.